The Morgan fingerprint density at radius 2 is 1.97 bits per heavy atom. The topological polar surface area (TPSA) is 93.7 Å². The average molecular weight is 606 g/mol. The number of likely N-dealkylation sites (tertiary alicyclic amines) is 1. The molecule has 1 amide bonds. The molecule has 5 rings (SSSR count). The molecule has 0 radical (unpaired) electrons. The Morgan fingerprint density at radius 3 is 2.74 bits per heavy atom. The summed E-state index contributed by atoms with van der Waals surface area (Å²) < 4.78 is 11.4. The van der Waals surface area contributed by atoms with E-state index in [1.807, 2.05) is 24.3 Å². The van der Waals surface area contributed by atoms with Crippen molar-refractivity contribution in [3.8, 4) is 0 Å². The molecule has 39 heavy (non-hydrogen) atoms. The maximum atomic E-state index is 13.5. The van der Waals surface area contributed by atoms with Gasteiger partial charge in [-0.2, -0.15) is 0 Å². The molecule has 0 bridgehead atoms. The molecule has 0 aliphatic carbocycles. The number of aryl methyl sites for hydroxylation is 1. The van der Waals surface area contributed by atoms with Crippen LogP contribution in [0.3, 0.4) is 0 Å². The lowest BCUT2D eigenvalue weighted by Gasteiger charge is -2.23. The molecule has 1 N–H and O–H groups in total. The number of amides is 1. The van der Waals surface area contributed by atoms with Crippen molar-refractivity contribution in [3.05, 3.63) is 68.1 Å². The minimum Gasteiger partial charge on any atom is -0.469 e. The summed E-state index contributed by atoms with van der Waals surface area (Å²) >= 11 is 16.2. The van der Waals surface area contributed by atoms with Crippen molar-refractivity contribution < 1.29 is 19.1 Å². The fraction of sp³-hybridized carbons (Fsp3) is 0.333. The molecule has 1 aliphatic heterocycles. The molecule has 2 aromatic carbocycles. The molecule has 2 atom stereocenters. The molecule has 4 aromatic rings. The van der Waals surface area contributed by atoms with Crippen molar-refractivity contribution in [1.82, 2.24) is 14.9 Å². The summed E-state index contributed by atoms with van der Waals surface area (Å²) in [6.45, 7) is 0.458. The second kappa shape index (κ2) is 12.2. The Labute approximate surface area is 243 Å². The van der Waals surface area contributed by atoms with E-state index in [1.54, 1.807) is 30.3 Å². The van der Waals surface area contributed by atoms with Crippen molar-refractivity contribution >= 4 is 78.8 Å². The summed E-state index contributed by atoms with van der Waals surface area (Å²) in [5.41, 5.74) is 2.16. The van der Waals surface area contributed by atoms with E-state index in [4.69, 9.17) is 32.7 Å². The molecular weight excluding hydrogens is 579 g/mol. The SMILES string of the molecule is COC(=O)CCc1cnc([C@@H]2C[C@H](OC)CN2C(=O)Cc2cc(Cl)c(Nc3nc4ccccc4s3)cc2Cl)s1. The van der Waals surface area contributed by atoms with E-state index in [-0.39, 0.29) is 36.9 Å². The first-order chi connectivity index (χ1) is 18.8. The van der Waals surface area contributed by atoms with Crippen LogP contribution in [0, 0.1) is 0 Å². The van der Waals surface area contributed by atoms with Gasteiger partial charge in [0, 0.05) is 36.2 Å². The molecular formula is C27H26Cl2N4O4S2. The highest BCUT2D eigenvalue weighted by Crippen LogP contribution is 2.38. The van der Waals surface area contributed by atoms with Gasteiger partial charge in [-0.25, -0.2) is 9.97 Å². The van der Waals surface area contributed by atoms with Crippen molar-refractivity contribution in [2.45, 2.75) is 37.8 Å². The highest BCUT2D eigenvalue weighted by atomic mass is 35.5. The van der Waals surface area contributed by atoms with Gasteiger partial charge in [0.15, 0.2) is 5.13 Å². The number of rotatable bonds is 9. The first kappa shape index (κ1) is 27.8. The van der Waals surface area contributed by atoms with E-state index in [2.05, 4.69) is 15.3 Å². The number of anilines is 2. The highest BCUT2D eigenvalue weighted by Gasteiger charge is 2.38. The van der Waals surface area contributed by atoms with Crippen LogP contribution >= 0.6 is 45.9 Å². The van der Waals surface area contributed by atoms with Crippen molar-refractivity contribution in [1.29, 1.82) is 0 Å². The van der Waals surface area contributed by atoms with E-state index < -0.39 is 0 Å². The number of nitrogens with one attached hydrogen (secondary N) is 1. The number of methoxy groups -OCH3 is 2. The first-order valence-electron chi connectivity index (χ1n) is 12.3. The zero-order valence-corrected chi connectivity index (χ0v) is 24.4. The van der Waals surface area contributed by atoms with Crippen LogP contribution in [0.2, 0.25) is 10.0 Å². The molecule has 1 saturated heterocycles. The van der Waals surface area contributed by atoms with Crippen LogP contribution in [-0.4, -0.2) is 53.6 Å². The third-order valence-corrected chi connectivity index (χ3v) is 9.36. The zero-order valence-electron chi connectivity index (χ0n) is 21.3. The Hall–Kier alpha value is -2.76. The number of carbonyl (C=O) groups is 2. The highest BCUT2D eigenvalue weighted by molar-refractivity contribution is 7.22. The quantitative estimate of drug-likeness (QED) is 0.220. The predicted octanol–water partition coefficient (Wildman–Crippen LogP) is 6.44. The molecule has 0 spiro atoms. The van der Waals surface area contributed by atoms with Gasteiger partial charge >= 0.3 is 5.97 Å². The summed E-state index contributed by atoms with van der Waals surface area (Å²) in [7, 11) is 3.02. The third-order valence-electron chi connectivity index (χ3n) is 6.59. The Balaban J connectivity index is 1.30. The molecule has 8 nitrogen and oxygen atoms in total. The van der Waals surface area contributed by atoms with Gasteiger partial charge in [-0.15, -0.1) is 11.3 Å². The number of ether oxygens (including phenoxy) is 2. The van der Waals surface area contributed by atoms with Crippen molar-refractivity contribution in [2.24, 2.45) is 0 Å². The first-order valence-corrected chi connectivity index (χ1v) is 14.7. The van der Waals surface area contributed by atoms with E-state index in [0.717, 1.165) is 20.1 Å². The number of thiazole rings is 2. The summed E-state index contributed by atoms with van der Waals surface area (Å²) in [4.78, 5) is 37.0. The van der Waals surface area contributed by atoms with Crippen LogP contribution in [0.15, 0.2) is 42.6 Å². The lowest BCUT2D eigenvalue weighted by atomic mass is 10.1. The summed E-state index contributed by atoms with van der Waals surface area (Å²) in [5, 5.41) is 5.66. The molecule has 12 heteroatoms. The van der Waals surface area contributed by atoms with Gasteiger partial charge in [0.2, 0.25) is 5.91 Å². The normalized spacial score (nSPS) is 17.1. The molecule has 204 valence electrons. The van der Waals surface area contributed by atoms with Crippen LogP contribution in [-0.2, 0) is 31.9 Å². The van der Waals surface area contributed by atoms with Crippen molar-refractivity contribution in [3.63, 3.8) is 0 Å². The second-order valence-electron chi connectivity index (χ2n) is 9.11. The summed E-state index contributed by atoms with van der Waals surface area (Å²) in [6, 6.07) is 11.1. The Bertz CT molecular complexity index is 1480. The smallest absolute Gasteiger partial charge is 0.305 e. The van der Waals surface area contributed by atoms with Gasteiger partial charge in [0.25, 0.3) is 0 Å². The maximum Gasteiger partial charge on any atom is 0.305 e. The lowest BCUT2D eigenvalue weighted by Crippen LogP contribution is -2.33. The van der Waals surface area contributed by atoms with Gasteiger partial charge in [-0.3, -0.25) is 9.59 Å². The second-order valence-corrected chi connectivity index (χ2v) is 12.1. The van der Waals surface area contributed by atoms with E-state index in [9.17, 15) is 9.59 Å². The number of nitrogens with zero attached hydrogens (tertiary/aromatic N) is 3. The number of aromatic nitrogens is 2. The summed E-state index contributed by atoms with van der Waals surface area (Å²) in [6.07, 6.45) is 3.24. The number of fused-ring (bicyclic) bond motifs is 1. The predicted molar refractivity (Wildman–Crippen MR) is 155 cm³/mol. The number of carbonyl (C=O) groups excluding carboxylic acids is 2. The van der Waals surface area contributed by atoms with E-state index in [1.165, 1.54) is 29.8 Å². The van der Waals surface area contributed by atoms with Crippen LogP contribution in [0.5, 0.6) is 0 Å². The van der Waals surface area contributed by atoms with Crippen molar-refractivity contribution in [2.75, 3.05) is 26.1 Å². The van der Waals surface area contributed by atoms with Gasteiger partial charge < -0.3 is 19.7 Å². The van der Waals surface area contributed by atoms with Gasteiger partial charge in [0.05, 0.1) is 53.0 Å². The number of hydrogen-bond donors (Lipinski definition) is 1. The monoisotopic (exact) mass is 604 g/mol. The van der Waals surface area contributed by atoms with Crippen LogP contribution in [0.25, 0.3) is 10.2 Å². The number of para-hydroxylation sites is 1. The standard InChI is InChI=1S/C27H26Cl2N4O4S2/c1-36-16-11-22(26-30-13-17(38-26)7-8-25(35)37-2)33(14-16)24(34)10-15-9-19(29)21(12-18(15)28)32-27-31-20-5-3-4-6-23(20)39-27/h3-6,9,12-13,16,22H,7-8,10-11,14H2,1-2H3,(H,31,32)/t16-,22-/m0/s1. The zero-order chi connectivity index (χ0) is 27.5. The van der Waals surface area contributed by atoms with Gasteiger partial charge in [-0.05, 0) is 36.2 Å². The Morgan fingerprint density at radius 1 is 1.15 bits per heavy atom. The molecule has 3 heterocycles. The molecule has 2 aromatic heterocycles. The van der Waals surface area contributed by atoms with Crippen LogP contribution < -0.4 is 5.32 Å². The largest absolute Gasteiger partial charge is 0.469 e. The van der Waals surface area contributed by atoms with Crippen LogP contribution in [0.4, 0.5) is 10.8 Å². The molecule has 0 unspecified atom stereocenters. The third kappa shape index (κ3) is 6.36. The van der Waals surface area contributed by atoms with E-state index >= 15 is 0 Å². The molecule has 0 saturated carbocycles. The average Bonchev–Trinajstić information content (AvgIpc) is 3.67. The maximum absolute atomic E-state index is 13.5. The fourth-order valence-electron chi connectivity index (χ4n) is 4.52. The number of esters is 1. The lowest BCUT2D eigenvalue weighted by molar-refractivity contribution is -0.140. The minimum atomic E-state index is -0.265. The Kier molecular flexibility index (Phi) is 8.68. The van der Waals surface area contributed by atoms with E-state index in [0.29, 0.717) is 45.8 Å². The number of halogens is 2. The minimum absolute atomic E-state index is 0.0873. The fourth-order valence-corrected chi connectivity index (χ4v) is 6.91. The summed E-state index contributed by atoms with van der Waals surface area (Å²) in [5.74, 6) is -0.352. The van der Waals surface area contributed by atoms with Crippen LogP contribution in [0.1, 0.15) is 34.3 Å². The molecule has 1 aliphatic rings. The van der Waals surface area contributed by atoms with Gasteiger partial charge in [0.1, 0.15) is 5.01 Å². The number of hydrogen-bond acceptors (Lipinski definition) is 9. The van der Waals surface area contributed by atoms with Gasteiger partial charge in [-0.1, -0.05) is 46.7 Å². The number of benzene rings is 2. The molecule has 1 fully saturated rings.